The van der Waals surface area contributed by atoms with Crippen molar-refractivity contribution in [1.82, 2.24) is 10.2 Å². The SMILES string of the molecule is COc1cc(/C=C2/CN(C(=O)OC(C)C)[C@@H](Cc3cc(OC)c(OC)c(C)c3OC)C(=O)N2)c(OC)c(C)c1OC. The maximum Gasteiger partial charge on any atom is 0.411 e. The second kappa shape index (κ2) is 13.4. The molecule has 1 aliphatic heterocycles. The molecule has 1 fully saturated rings. The molecule has 0 radical (unpaired) electrons. The van der Waals surface area contributed by atoms with Gasteiger partial charge in [0.2, 0.25) is 5.91 Å². The Bertz CT molecular complexity index is 1320. The molecular weight excluding hydrogens is 532 g/mol. The van der Waals surface area contributed by atoms with Crippen LogP contribution >= 0.6 is 0 Å². The first-order chi connectivity index (χ1) is 19.5. The van der Waals surface area contributed by atoms with Gasteiger partial charge in [-0.2, -0.15) is 0 Å². The van der Waals surface area contributed by atoms with E-state index < -0.39 is 12.1 Å². The van der Waals surface area contributed by atoms with Crippen molar-refractivity contribution in [2.24, 2.45) is 0 Å². The minimum absolute atomic E-state index is 0.0765. The Balaban J connectivity index is 2.08. The van der Waals surface area contributed by atoms with Gasteiger partial charge in [-0.1, -0.05) is 0 Å². The number of nitrogens with zero attached hydrogens (tertiary/aromatic N) is 1. The average molecular weight is 573 g/mol. The predicted molar refractivity (Wildman–Crippen MR) is 154 cm³/mol. The van der Waals surface area contributed by atoms with E-state index in [-0.39, 0.29) is 25.0 Å². The second-order valence-corrected chi connectivity index (χ2v) is 9.73. The number of piperazine rings is 1. The third-order valence-electron chi connectivity index (χ3n) is 6.83. The summed E-state index contributed by atoms with van der Waals surface area (Å²) in [6, 6.07) is 2.62. The van der Waals surface area contributed by atoms with E-state index in [2.05, 4.69) is 5.32 Å². The zero-order chi connectivity index (χ0) is 30.4. The molecule has 2 amide bonds. The molecule has 11 heteroatoms. The van der Waals surface area contributed by atoms with Gasteiger partial charge in [0.05, 0.1) is 55.3 Å². The number of rotatable bonds is 10. The van der Waals surface area contributed by atoms with Gasteiger partial charge in [0.1, 0.15) is 17.5 Å². The van der Waals surface area contributed by atoms with Crippen LogP contribution in [0, 0.1) is 13.8 Å². The van der Waals surface area contributed by atoms with Crippen molar-refractivity contribution in [3.63, 3.8) is 0 Å². The molecule has 1 N–H and O–H groups in total. The summed E-state index contributed by atoms with van der Waals surface area (Å²) in [5, 5.41) is 2.96. The number of carbonyl (C=O) groups is 2. The van der Waals surface area contributed by atoms with Crippen LogP contribution in [-0.2, 0) is 16.0 Å². The smallest absolute Gasteiger partial charge is 0.411 e. The van der Waals surface area contributed by atoms with Crippen LogP contribution in [0.3, 0.4) is 0 Å². The third-order valence-corrected chi connectivity index (χ3v) is 6.83. The van der Waals surface area contributed by atoms with Crippen molar-refractivity contribution >= 4 is 18.1 Å². The highest BCUT2D eigenvalue weighted by Gasteiger charge is 2.38. The van der Waals surface area contributed by atoms with E-state index in [9.17, 15) is 9.59 Å². The van der Waals surface area contributed by atoms with Gasteiger partial charge in [-0.05, 0) is 45.9 Å². The number of hydrogen-bond donors (Lipinski definition) is 1. The number of nitrogens with one attached hydrogen (secondary N) is 1. The average Bonchev–Trinajstić information content (AvgIpc) is 2.93. The number of methoxy groups -OCH3 is 6. The summed E-state index contributed by atoms with van der Waals surface area (Å²) >= 11 is 0. The molecule has 0 spiro atoms. The fourth-order valence-electron chi connectivity index (χ4n) is 5.08. The van der Waals surface area contributed by atoms with Crippen LogP contribution in [0.25, 0.3) is 6.08 Å². The van der Waals surface area contributed by atoms with Crippen molar-refractivity contribution in [1.29, 1.82) is 0 Å². The highest BCUT2D eigenvalue weighted by molar-refractivity contribution is 5.90. The molecule has 2 aromatic carbocycles. The molecule has 1 aliphatic rings. The molecule has 1 saturated heterocycles. The largest absolute Gasteiger partial charge is 0.496 e. The molecule has 1 atom stereocenters. The highest BCUT2D eigenvalue weighted by atomic mass is 16.6. The van der Waals surface area contributed by atoms with Gasteiger partial charge in [0.25, 0.3) is 0 Å². The molecule has 41 heavy (non-hydrogen) atoms. The van der Waals surface area contributed by atoms with Gasteiger partial charge in [-0.15, -0.1) is 0 Å². The van der Waals surface area contributed by atoms with Gasteiger partial charge in [0.15, 0.2) is 23.0 Å². The first-order valence-electron chi connectivity index (χ1n) is 13.1. The van der Waals surface area contributed by atoms with Crippen LogP contribution in [0.5, 0.6) is 34.5 Å². The summed E-state index contributed by atoms with van der Waals surface area (Å²) in [5.74, 6) is 2.78. The highest BCUT2D eigenvalue weighted by Crippen LogP contribution is 2.42. The lowest BCUT2D eigenvalue weighted by Gasteiger charge is -2.36. The van der Waals surface area contributed by atoms with E-state index >= 15 is 0 Å². The standard InChI is InChI=1S/C30H40N2O9/c1-16(2)41-30(34)32-15-21(11-19-13-23(35-5)27(39-9)17(3)25(19)37-7)31-29(33)22(32)12-20-14-24(36-6)28(40-10)18(4)26(20)38-8/h11,13-14,16,22H,12,15H2,1-10H3,(H,31,33)/b21-11-/t22-/m0/s1. The summed E-state index contributed by atoms with van der Waals surface area (Å²) in [6.45, 7) is 7.28. The lowest BCUT2D eigenvalue weighted by atomic mass is 9.97. The molecule has 224 valence electrons. The molecule has 0 aliphatic carbocycles. The van der Waals surface area contributed by atoms with Gasteiger partial charge >= 0.3 is 6.09 Å². The minimum Gasteiger partial charge on any atom is -0.496 e. The zero-order valence-corrected chi connectivity index (χ0v) is 25.4. The van der Waals surface area contributed by atoms with Crippen molar-refractivity contribution in [2.75, 3.05) is 49.2 Å². The Labute approximate surface area is 241 Å². The van der Waals surface area contributed by atoms with Crippen molar-refractivity contribution < 1.29 is 42.7 Å². The van der Waals surface area contributed by atoms with Crippen LogP contribution in [0.15, 0.2) is 17.8 Å². The van der Waals surface area contributed by atoms with Crippen LogP contribution in [0.1, 0.15) is 36.1 Å². The quantitative estimate of drug-likeness (QED) is 0.446. The summed E-state index contributed by atoms with van der Waals surface area (Å²) in [7, 11) is 9.28. The molecule has 11 nitrogen and oxygen atoms in total. The first-order valence-corrected chi connectivity index (χ1v) is 13.1. The Morgan fingerprint density at radius 2 is 1.41 bits per heavy atom. The van der Waals surface area contributed by atoms with E-state index in [0.29, 0.717) is 56.9 Å². The lowest BCUT2D eigenvalue weighted by molar-refractivity contribution is -0.127. The minimum atomic E-state index is -0.890. The fourth-order valence-corrected chi connectivity index (χ4v) is 5.08. The maximum atomic E-state index is 13.6. The Morgan fingerprint density at radius 1 is 0.878 bits per heavy atom. The lowest BCUT2D eigenvalue weighted by Crippen LogP contribution is -2.57. The monoisotopic (exact) mass is 572 g/mol. The van der Waals surface area contributed by atoms with Gasteiger partial charge < -0.3 is 38.5 Å². The second-order valence-electron chi connectivity index (χ2n) is 9.73. The van der Waals surface area contributed by atoms with Gasteiger partial charge in [0, 0.05) is 34.4 Å². The Morgan fingerprint density at radius 3 is 1.93 bits per heavy atom. The first kappa shape index (κ1) is 31.3. The van der Waals surface area contributed by atoms with E-state index in [1.807, 2.05) is 13.8 Å². The fraction of sp³-hybridized carbons (Fsp3) is 0.467. The van der Waals surface area contributed by atoms with Gasteiger partial charge in [-0.3, -0.25) is 9.69 Å². The molecule has 0 saturated carbocycles. The molecule has 3 rings (SSSR count). The van der Waals surface area contributed by atoms with E-state index in [1.165, 1.54) is 12.0 Å². The van der Waals surface area contributed by atoms with Crippen LogP contribution < -0.4 is 33.7 Å². The summed E-state index contributed by atoms with van der Waals surface area (Å²) in [6.07, 6.45) is 0.901. The normalized spacial score (nSPS) is 15.9. The number of hydrogen-bond acceptors (Lipinski definition) is 9. The molecular formula is C30H40N2O9. The van der Waals surface area contributed by atoms with Crippen LogP contribution in [0.2, 0.25) is 0 Å². The number of ether oxygens (including phenoxy) is 7. The van der Waals surface area contributed by atoms with Crippen molar-refractivity contribution in [2.45, 2.75) is 46.3 Å². The van der Waals surface area contributed by atoms with E-state index in [1.54, 1.807) is 67.6 Å². The van der Waals surface area contributed by atoms with Crippen LogP contribution in [-0.4, -0.2) is 78.2 Å². The van der Waals surface area contributed by atoms with Crippen molar-refractivity contribution in [3.05, 3.63) is 40.1 Å². The van der Waals surface area contributed by atoms with Gasteiger partial charge in [-0.25, -0.2) is 4.79 Å². The summed E-state index contributed by atoms with van der Waals surface area (Å²) < 4.78 is 38.9. The molecule has 0 aromatic heterocycles. The Kier molecular flexibility index (Phi) is 10.2. The summed E-state index contributed by atoms with van der Waals surface area (Å²) in [4.78, 5) is 28.4. The number of benzene rings is 2. The number of carbonyl (C=O) groups excluding carboxylic acids is 2. The predicted octanol–water partition coefficient (Wildman–Crippen LogP) is 4.28. The molecule has 2 aromatic rings. The molecule has 0 unspecified atom stereocenters. The van der Waals surface area contributed by atoms with E-state index in [0.717, 1.165) is 5.56 Å². The third kappa shape index (κ3) is 6.39. The molecule has 0 bridgehead atoms. The summed E-state index contributed by atoms with van der Waals surface area (Å²) in [5.41, 5.74) is 3.24. The van der Waals surface area contributed by atoms with Crippen LogP contribution in [0.4, 0.5) is 4.79 Å². The topological polar surface area (TPSA) is 114 Å². The maximum absolute atomic E-state index is 13.6. The molecule has 1 heterocycles. The van der Waals surface area contributed by atoms with E-state index in [4.69, 9.17) is 33.2 Å². The zero-order valence-electron chi connectivity index (χ0n) is 25.4. The number of amides is 2. The Hall–Kier alpha value is -4.28. The van der Waals surface area contributed by atoms with Crippen molar-refractivity contribution in [3.8, 4) is 34.5 Å².